The highest BCUT2D eigenvalue weighted by Crippen LogP contribution is 2.14. The van der Waals surface area contributed by atoms with Crippen LogP contribution in [0.1, 0.15) is 70.8 Å². The normalized spacial score (nSPS) is 10.8. The maximum atomic E-state index is 5.85. The van der Waals surface area contributed by atoms with E-state index in [1.165, 1.54) is 56.9 Å². The van der Waals surface area contributed by atoms with Gasteiger partial charge in [-0.1, -0.05) is 64.5 Å². The molecule has 0 radical (unpaired) electrons. The molecule has 1 aromatic carbocycles. The number of benzene rings is 1. The monoisotopic (exact) mass is 291 g/mol. The Kier molecular flexibility index (Phi) is 10.9. The number of unbranched alkanes of at least 4 members (excludes halogenated alkanes) is 6. The van der Waals surface area contributed by atoms with E-state index < -0.39 is 0 Å². The quantitative estimate of drug-likeness (QED) is 0.497. The fourth-order valence-electron chi connectivity index (χ4n) is 2.40. The van der Waals surface area contributed by atoms with Gasteiger partial charge in [0.15, 0.2) is 0 Å². The summed E-state index contributed by atoms with van der Waals surface area (Å²) in [6, 6.07) is 8.46. The molecule has 1 aromatic rings. The van der Waals surface area contributed by atoms with Crippen LogP contribution in [0.2, 0.25) is 0 Å². The van der Waals surface area contributed by atoms with Gasteiger partial charge in [0.2, 0.25) is 0 Å². The van der Waals surface area contributed by atoms with Gasteiger partial charge in [0, 0.05) is 6.54 Å². The van der Waals surface area contributed by atoms with Crippen LogP contribution in [0.3, 0.4) is 0 Å². The second-order valence-electron chi connectivity index (χ2n) is 5.79. The summed E-state index contributed by atoms with van der Waals surface area (Å²) < 4.78 is 5.85. The van der Waals surface area contributed by atoms with E-state index >= 15 is 0 Å². The fourth-order valence-corrected chi connectivity index (χ4v) is 2.40. The average molecular weight is 291 g/mol. The first-order valence-electron chi connectivity index (χ1n) is 8.79. The highest BCUT2D eigenvalue weighted by atomic mass is 16.5. The molecule has 0 aliphatic heterocycles. The Hall–Kier alpha value is -1.02. The van der Waals surface area contributed by atoms with Crippen LogP contribution >= 0.6 is 0 Å². The Morgan fingerprint density at radius 3 is 2.43 bits per heavy atom. The molecule has 0 unspecified atom stereocenters. The van der Waals surface area contributed by atoms with E-state index in [1.807, 2.05) is 0 Å². The molecule has 0 aliphatic rings. The Labute approximate surface area is 131 Å². The molecule has 0 saturated carbocycles. The lowest BCUT2D eigenvalue weighted by Crippen LogP contribution is -2.13. The fraction of sp³-hybridized carbons (Fsp3) is 0.684. The lowest BCUT2D eigenvalue weighted by Gasteiger charge is -2.09. The molecule has 0 amide bonds. The molecule has 0 aliphatic carbocycles. The molecule has 0 spiro atoms. The van der Waals surface area contributed by atoms with E-state index in [0.29, 0.717) is 0 Å². The van der Waals surface area contributed by atoms with Gasteiger partial charge in [-0.2, -0.15) is 0 Å². The molecule has 0 fully saturated rings. The van der Waals surface area contributed by atoms with Crippen LogP contribution < -0.4 is 10.1 Å². The van der Waals surface area contributed by atoms with E-state index in [2.05, 4.69) is 43.4 Å². The second kappa shape index (κ2) is 12.7. The van der Waals surface area contributed by atoms with Gasteiger partial charge in [-0.25, -0.2) is 0 Å². The summed E-state index contributed by atoms with van der Waals surface area (Å²) in [4.78, 5) is 0. The van der Waals surface area contributed by atoms with Crippen molar-refractivity contribution in [3.63, 3.8) is 0 Å². The minimum absolute atomic E-state index is 0.847. The molecule has 21 heavy (non-hydrogen) atoms. The lowest BCUT2D eigenvalue weighted by atomic mass is 10.1. The van der Waals surface area contributed by atoms with Gasteiger partial charge >= 0.3 is 0 Å². The summed E-state index contributed by atoms with van der Waals surface area (Å²) >= 11 is 0. The highest BCUT2D eigenvalue weighted by Gasteiger charge is 1.97. The zero-order valence-electron chi connectivity index (χ0n) is 14.0. The molecular formula is C19H33NO. The minimum atomic E-state index is 0.847. The van der Waals surface area contributed by atoms with E-state index in [9.17, 15) is 0 Å². The number of hydrogen-bond acceptors (Lipinski definition) is 2. The first-order chi connectivity index (χ1) is 10.4. The molecule has 1 N–H and O–H groups in total. The zero-order chi connectivity index (χ0) is 15.2. The highest BCUT2D eigenvalue weighted by molar-refractivity contribution is 5.28. The lowest BCUT2D eigenvalue weighted by molar-refractivity contribution is 0.304. The molecular weight excluding hydrogens is 258 g/mol. The number of nitrogens with one attached hydrogen (secondary N) is 1. The van der Waals surface area contributed by atoms with Crippen LogP contribution in [-0.4, -0.2) is 13.2 Å². The van der Waals surface area contributed by atoms with Gasteiger partial charge in [-0.05, 0) is 37.1 Å². The van der Waals surface area contributed by atoms with E-state index in [0.717, 1.165) is 25.4 Å². The van der Waals surface area contributed by atoms with Gasteiger partial charge in [-0.15, -0.1) is 0 Å². The minimum Gasteiger partial charge on any atom is -0.494 e. The summed E-state index contributed by atoms with van der Waals surface area (Å²) in [7, 11) is 0. The van der Waals surface area contributed by atoms with Gasteiger partial charge < -0.3 is 10.1 Å². The Morgan fingerprint density at radius 1 is 0.905 bits per heavy atom. The van der Waals surface area contributed by atoms with E-state index in [4.69, 9.17) is 4.74 Å². The predicted molar refractivity (Wildman–Crippen MR) is 91.9 cm³/mol. The van der Waals surface area contributed by atoms with Crippen LogP contribution in [0.25, 0.3) is 0 Å². The van der Waals surface area contributed by atoms with Gasteiger partial charge in [0.05, 0.1) is 6.61 Å². The SMILES string of the molecule is CCCCCCCCCOc1cccc(CNCCC)c1. The topological polar surface area (TPSA) is 21.3 Å². The average Bonchev–Trinajstić information content (AvgIpc) is 2.51. The molecule has 0 aromatic heterocycles. The maximum absolute atomic E-state index is 5.85. The molecule has 0 bridgehead atoms. The predicted octanol–water partition coefficient (Wildman–Crippen LogP) is 5.32. The maximum Gasteiger partial charge on any atom is 0.119 e. The number of hydrogen-bond donors (Lipinski definition) is 1. The van der Waals surface area contributed by atoms with Crippen LogP contribution in [0.15, 0.2) is 24.3 Å². The first kappa shape index (κ1) is 18.0. The van der Waals surface area contributed by atoms with Crippen molar-refractivity contribution in [1.29, 1.82) is 0 Å². The third kappa shape index (κ3) is 9.52. The van der Waals surface area contributed by atoms with Gasteiger partial charge in [0.1, 0.15) is 5.75 Å². The molecule has 0 atom stereocenters. The van der Waals surface area contributed by atoms with Crippen molar-refractivity contribution in [2.24, 2.45) is 0 Å². The van der Waals surface area contributed by atoms with Crippen molar-refractivity contribution in [3.8, 4) is 5.75 Å². The summed E-state index contributed by atoms with van der Waals surface area (Å²) in [6.45, 7) is 7.31. The molecule has 2 nitrogen and oxygen atoms in total. The Bertz CT molecular complexity index is 351. The third-order valence-electron chi connectivity index (χ3n) is 3.67. The van der Waals surface area contributed by atoms with Crippen LogP contribution in [0.5, 0.6) is 5.75 Å². The standard InChI is InChI=1S/C19H33NO/c1-3-5-6-7-8-9-10-15-21-19-13-11-12-18(16-19)17-20-14-4-2/h11-13,16,20H,3-10,14-15,17H2,1-2H3. The van der Waals surface area contributed by atoms with Gasteiger partial charge in [0.25, 0.3) is 0 Å². The second-order valence-corrected chi connectivity index (χ2v) is 5.79. The summed E-state index contributed by atoms with van der Waals surface area (Å²) in [5.74, 6) is 1.01. The molecule has 1 rings (SSSR count). The van der Waals surface area contributed by atoms with Crippen molar-refractivity contribution < 1.29 is 4.74 Å². The van der Waals surface area contributed by atoms with E-state index in [-0.39, 0.29) is 0 Å². The summed E-state index contributed by atoms with van der Waals surface area (Å²) in [6.07, 6.45) is 10.5. The Balaban J connectivity index is 2.10. The smallest absolute Gasteiger partial charge is 0.119 e. The van der Waals surface area contributed by atoms with Crippen LogP contribution in [0, 0.1) is 0 Å². The molecule has 120 valence electrons. The number of ether oxygens (including phenoxy) is 1. The summed E-state index contributed by atoms with van der Waals surface area (Å²) in [5, 5.41) is 3.42. The van der Waals surface area contributed by atoms with Crippen molar-refractivity contribution in [1.82, 2.24) is 5.32 Å². The third-order valence-corrected chi connectivity index (χ3v) is 3.67. The van der Waals surface area contributed by atoms with Crippen molar-refractivity contribution in [3.05, 3.63) is 29.8 Å². The number of rotatable bonds is 13. The molecule has 0 heterocycles. The largest absolute Gasteiger partial charge is 0.494 e. The van der Waals surface area contributed by atoms with Crippen LogP contribution in [-0.2, 0) is 6.54 Å². The first-order valence-corrected chi connectivity index (χ1v) is 8.79. The summed E-state index contributed by atoms with van der Waals surface area (Å²) in [5.41, 5.74) is 1.31. The van der Waals surface area contributed by atoms with Crippen molar-refractivity contribution >= 4 is 0 Å². The molecule has 2 heteroatoms. The van der Waals surface area contributed by atoms with E-state index in [1.54, 1.807) is 0 Å². The molecule has 0 saturated heterocycles. The Morgan fingerprint density at radius 2 is 1.67 bits per heavy atom. The van der Waals surface area contributed by atoms with Crippen molar-refractivity contribution in [2.45, 2.75) is 71.8 Å². The van der Waals surface area contributed by atoms with Crippen molar-refractivity contribution in [2.75, 3.05) is 13.2 Å². The van der Waals surface area contributed by atoms with Crippen LogP contribution in [0.4, 0.5) is 0 Å². The van der Waals surface area contributed by atoms with Gasteiger partial charge in [-0.3, -0.25) is 0 Å². The zero-order valence-corrected chi connectivity index (χ0v) is 14.0.